The number of benzene rings is 2. The van der Waals surface area contributed by atoms with Gasteiger partial charge in [0, 0.05) is 18.4 Å². The standard InChI is InChI=1S/C23H26FN3O5S/c1-15(2)32-17-5-7-18(8-6-17)33(30,31)26-11-10-23(24,14-26)27-21-12-16(3)4-9-19(21)20(25-27)13-22(28)29/h4-9,12,15H,10-11,13-14H2,1-3H3,(H,28,29)/t23-/m1/s1. The summed E-state index contributed by atoms with van der Waals surface area (Å²) in [6.07, 6.45) is -0.496. The van der Waals surface area contributed by atoms with Crippen molar-refractivity contribution in [1.29, 1.82) is 0 Å². The number of aromatic nitrogens is 2. The van der Waals surface area contributed by atoms with Crippen LogP contribution in [0.1, 0.15) is 31.5 Å². The van der Waals surface area contributed by atoms with E-state index >= 15 is 4.39 Å². The molecule has 176 valence electrons. The third-order valence-corrected chi connectivity index (χ3v) is 7.47. The van der Waals surface area contributed by atoms with E-state index in [0.717, 1.165) is 14.6 Å². The molecule has 2 heterocycles. The molecule has 4 rings (SSSR count). The van der Waals surface area contributed by atoms with Crippen molar-refractivity contribution in [1.82, 2.24) is 14.1 Å². The molecule has 0 saturated carbocycles. The average Bonchev–Trinajstić information content (AvgIpc) is 3.30. The molecule has 0 unspecified atom stereocenters. The highest BCUT2D eigenvalue weighted by atomic mass is 32.2. The molecule has 1 saturated heterocycles. The van der Waals surface area contributed by atoms with Crippen LogP contribution in [0.25, 0.3) is 10.9 Å². The Morgan fingerprint density at radius 2 is 1.94 bits per heavy atom. The molecule has 0 aliphatic carbocycles. The van der Waals surface area contributed by atoms with Gasteiger partial charge in [0.2, 0.25) is 15.8 Å². The first kappa shape index (κ1) is 23.2. The SMILES string of the molecule is Cc1ccc2c(CC(=O)O)nn([C@]3(F)CCN(S(=O)(=O)c4ccc(OC(C)C)cc4)C3)c2c1. The quantitative estimate of drug-likeness (QED) is 0.561. The van der Waals surface area contributed by atoms with Crippen molar-refractivity contribution in [3.05, 3.63) is 53.7 Å². The Morgan fingerprint density at radius 3 is 2.58 bits per heavy atom. The molecule has 33 heavy (non-hydrogen) atoms. The van der Waals surface area contributed by atoms with Crippen LogP contribution in [0.4, 0.5) is 4.39 Å². The lowest BCUT2D eigenvalue weighted by Gasteiger charge is -2.22. The summed E-state index contributed by atoms with van der Waals surface area (Å²) in [5, 5.41) is 14.0. The van der Waals surface area contributed by atoms with E-state index in [1.54, 1.807) is 24.3 Å². The van der Waals surface area contributed by atoms with E-state index in [1.165, 1.54) is 12.1 Å². The highest BCUT2D eigenvalue weighted by Crippen LogP contribution is 2.37. The normalized spacial score (nSPS) is 19.4. The van der Waals surface area contributed by atoms with Gasteiger partial charge in [0.1, 0.15) is 5.75 Å². The van der Waals surface area contributed by atoms with Gasteiger partial charge >= 0.3 is 5.97 Å². The van der Waals surface area contributed by atoms with E-state index < -0.39 is 28.3 Å². The largest absolute Gasteiger partial charge is 0.491 e. The van der Waals surface area contributed by atoms with Crippen molar-refractivity contribution < 1.29 is 27.4 Å². The predicted molar refractivity (Wildman–Crippen MR) is 120 cm³/mol. The molecule has 1 aliphatic heterocycles. The highest BCUT2D eigenvalue weighted by Gasteiger charge is 2.46. The molecule has 1 atom stereocenters. The van der Waals surface area contributed by atoms with E-state index in [2.05, 4.69) is 5.10 Å². The number of hydrogen-bond donors (Lipinski definition) is 1. The minimum Gasteiger partial charge on any atom is -0.491 e. The maximum Gasteiger partial charge on any atom is 0.309 e. The van der Waals surface area contributed by atoms with Gasteiger partial charge in [0.05, 0.1) is 35.2 Å². The third kappa shape index (κ3) is 4.45. The van der Waals surface area contributed by atoms with Gasteiger partial charge in [-0.05, 0) is 56.7 Å². The Kier molecular flexibility index (Phi) is 5.92. The van der Waals surface area contributed by atoms with Gasteiger partial charge in [-0.2, -0.15) is 9.40 Å². The molecule has 1 aromatic heterocycles. The average molecular weight is 476 g/mol. The number of rotatable bonds is 7. The zero-order valence-corrected chi connectivity index (χ0v) is 19.5. The zero-order chi connectivity index (χ0) is 24.0. The number of alkyl halides is 1. The Labute approximate surface area is 191 Å². The van der Waals surface area contributed by atoms with Crippen LogP contribution in [0.2, 0.25) is 0 Å². The van der Waals surface area contributed by atoms with Gasteiger partial charge in [-0.3, -0.25) is 4.79 Å². The van der Waals surface area contributed by atoms with E-state index in [-0.39, 0.29) is 36.1 Å². The summed E-state index contributed by atoms with van der Waals surface area (Å²) in [5.74, 6) is -2.62. The highest BCUT2D eigenvalue weighted by molar-refractivity contribution is 7.89. The number of ether oxygens (including phenoxy) is 1. The lowest BCUT2D eigenvalue weighted by atomic mass is 10.1. The Balaban J connectivity index is 1.65. The maximum atomic E-state index is 16.2. The van der Waals surface area contributed by atoms with Gasteiger partial charge in [-0.15, -0.1) is 0 Å². The first-order valence-electron chi connectivity index (χ1n) is 10.7. The first-order valence-corrected chi connectivity index (χ1v) is 12.1. The van der Waals surface area contributed by atoms with E-state index in [9.17, 15) is 18.3 Å². The summed E-state index contributed by atoms with van der Waals surface area (Å²) in [7, 11) is -3.93. The molecule has 1 fully saturated rings. The number of carbonyl (C=O) groups is 1. The van der Waals surface area contributed by atoms with E-state index in [0.29, 0.717) is 16.7 Å². The molecule has 0 spiro atoms. The second-order valence-corrected chi connectivity index (χ2v) is 10.5. The van der Waals surface area contributed by atoms with Gasteiger partial charge in [0.15, 0.2) is 0 Å². The first-order chi connectivity index (χ1) is 15.5. The minimum absolute atomic E-state index is 0.0233. The van der Waals surface area contributed by atoms with Crippen LogP contribution in [0.15, 0.2) is 47.4 Å². The second-order valence-electron chi connectivity index (χ2n) is 8.59. The molecular weight excluding hydrogens is 449 g/mol. The fourth-order valence-electron chi connectivity index (χ4n) is 4.08. The number of carboxylic acids is 1. The fourth-order valence-corrected chi connectivity index (χ4v) is 5.56. The molecule has 2 aromatic carbocycles. The minimum atomic E-state index is -3.93. The number of aliphatic carboxylic acids is 1. The molecule has 8 nitrogen and oxygen atoms in total. The van der Waals surface area contributed by atoms with E-state index in [4.69, 9.17) is 4.74 Å². The molecule has 1 N–H and O–H groups in total. The number of aryl methyl sites for hydroxylation is 1. The zero-order valence-electron chi connectivity index (χ0n) is 18.7. The molecule has 0 bridgehead atoms. The van der Waals surface area contributed by atoms with Crippen LogP contribution < -0.4 is 4.74 Å². The lowest BCUT2D eigenvalue weighted by Crippen LogP contribution is -2.36. The van der Waals surface area contributed by atoms with Crippen LogP contribution in [-0.2, 0) is 27.0 Å². The van der Waals surface area contributed by atoms with Gasteiger partial charge in [-0.25, -0.2) is 17.5 Å². The monoisotopic (exact) mass is 475 g/mol. The van der Waals surface area contributed by atoms with Crippen molar-refractivity contribution in [2.45, 2.75) is 50.4 Å². The molecule has 10 heteroatoms. The number of fused-ring (bicyclic) bond motifs is 1. The van der Waals surface area contributed by atoms with Crippen molar-refractivity contribution in [3.63, 3.8) is 0 Å². The van der Waals surface area contributed by atoms with Gasteiger partial charge in [0.25, 0.3) is 0 Å². The van der Waals surface area contributed by atoms with Crippen LogP contribution >= 0.6 is 0 Å². The fraction of sp³-hybridized carbons (Fsp3) is 0.391. The molecule has 3 aromatic rings. The maximum absolute atomic E-state index is 16.2. The Morgan fingerprint density at radius 1 is 1.24 bits per heavy atom. The smallest absolute Gasteiger partial charge is 0.309 e. The van der Waals surface area contributed by atoms with Crippen LogP contribution in [0.5, 0.6) is 5.75 Å². The summed E-state index contributed by atoms with van der Waals surface area (Å²) in [6.45, 7) is 5.15. The second kappa shape index (κ2) is 8.42. The number of hydrogen-bond acceptors (Lipinski definition) is 5. The van der Waals surface area contributed by atoms with Crippen molar-refractivity contribution >= 4 is 26.9 Å². The summed E-state index contributed by atoms with van der Waals surface area (Å²) in [5.41, 5.74) is 1.56. The van der Waals surface area contributed by atoms with Crippen molar-refractivity contribution in [2.24, 2.45) is 0 Å². The summed E-state index contributed by atoms with van der Waals surface area (Å²) in [6, 6.07) is 11.3. The van der Waals surface area contributed by atoms with Crippen LogP contribution in [0.3, 0.4) is 0 Å². The molecule has 0 amide bonds. The topological polar surface area (TPSA) is 102 Å². The summed E-state index contributed by atoms with van der Waals surface area (Å²) < 4.78 is 50.3. The Hall–Kier alpha value is -2.98. The van der Waals surface area contributed by atoms with Crippen LogP contribution in [-0.4, -0.2) is 52.8 Å². The van der Waals surface area contributed by atoms with Crippen molar-refractivity contribution in [3.8, 4) is 5.75 Å². The van der Waals surface area contributed by atoms with E-state index in [1.807, 2.05) is 26.8 Å². The summed E-state index contributed by atoms with van der Waals surface area (Å²) >= 11 is 0. The number of carboxylic acid groups (broad SMARTS) is 1. The van der Waals surface area contributed by atoms with Gasteiger partial charge in [-0.1, -0.05) is 12.1 Å². The third-order valence-electron chi connectivity index (χ3n) is 5.61. The number of sulfonamides is 1. The predicted octanol–water partition coefficient (Wildman–Crippen LogP) is 3.48. The number of halogens is 1. The Bertz CT molecular complexity index is 1300. The number of nitrogens with zero attached hydrogens (tertiary/aromatic N) is 3. The van der Waals surface area contributed by atoms with Crippen LogP contribution in [0, 0.1) is 6.92 Å². The lowest BCUT2D eigenvalue weighted by molar-refractivity contribution is -0.136. The molecule has 0 radical (unpaired) electrons. The van der Waals surface area contributed by atoms with Gasteiger partial charge < -0.3 is 9.84 Å². The van der Waals surface area contributed by atoms with Crippen molar-refractivity contribution in [2.75, 3.05) is 13.1 Å². The molecule has 1 aliphatic rings. The summed E-state index contributed by atoms with van der Waals surface area (Å²) in [4.78, 5) is 11.3. The molecular formula is C23H26FN3O5S.